The predicted molar refractivity (Wildman–Crippen MR) is 59.7 cm³/mol. The maximum atomic E-state index is 11.5. The third-order valence-corrected chi connectivity index (χ3v) is 3.05. The summed E-state index contributed by atoms with van der Waals surface area (Å²) in [5.41, 5.74) is 0. The molecule has 2 aliphatic rings. The topological polar surface area (TPSA) is 44.4 Å². The Morgan fingerprint density at radius 1 is 1.47 bits per heavy atom. The van der Waals surface area contributed by atoms with E-state index in [1.807, 2.05) is 7.05 Å². The van der Waals surface area contributed by atoms with E-state index in [0.29, 0.717) is 18.6 Å². The zero-order valence-electron chi connectivity index (χ0n) is 9.46. The van der Waals surface area contributed by atoms with E-state index in [2.05, 4.69) is 15.5 Å². The third-order valence-electron chi connectivity index (χ3n) is 3.05. The molecule has 1 saturated carbocycles. The Morgan fingerprint density at radius 3 is 2.87 bits per heavy atom. The van der Waals surface area contributed by atoms with Crippen LogP contribution in [0.4, 0.5) is 0 Å². The van der Waals surface area contributed by atoms with Gasteiger partial charge in [0, 0.05) is 18.6 Å². The molecule has 0 unspecified atom stereocenters. The third kappa shape index (κ3) is 3.80. The Morgan fingerprint density at radius 2 is 2.27 bits per heavy atom. The molecule has 2 rings (SSSR count). The van der Waals surface area contributed by atoms with Crippen molar-refractivity contribution in [2.75, 3.05) is 26.7 Å². The van der Waals surface area contributed by atoms with Crippen molar-refractivity contribution in [3.8, 4) is 0 Å². The maximum Gasteiger partial charge on any atom is 0.234 e. The van der Waals surface area contributed by atoms with E-state index in [4.69, 9.17) is 0 Å². The fraction of sp³-hybridized carbons (Fsp3) is 0.909. The molecule has 1 heterocycles. The van der Waals surface area contributed by atoms with E-state index in [0.717, 1.165) is 13.1 Å². The number of rotatable bonds is 5. The molecular weight excluding hydrogens is 190 g/mol. The molecule has 1 aliphatic heterocycles. The van der Waals surface area contributed by atoms with Crippen LogP contribution in [0.1, 0.15) is 25.7 Å². The van der Waals surface area contributed by atoms with Crippen molar-refractivity contribution >= 4 is 5.91 Å². The van der Waals surface area contributed by atoms with Crippen LogP contribution in [0.15, 0.2) is 0 Å². The van der Waals surface area contributed by atoms with Gasteiger partial charge in [-0.1, -0.05) is 0 Å². The van der Waals surface area contributed by atoms with Crippen LogP contribution in [0.3, 0.4) is 0 Å². The van der Waals surface area contributed by atoms with E-state index in [9.17, 15) is 4.79 Å². The number of hydrogen-bond donors (Lipinski definition) is 2. The lowest BCUT2D eigenvalue weighted by Crippen LogP contribution is -2.41. The first-order valence-electron chi connectivity index (χ1n) is 5.95. The molecule has 4 heteroatoms. The van der Waals surface area contributed by atoms with Gasteiger partial charge in [-0.2, -0.15) is 0 Å². The quantitative estimate of drug-likeness (QED) is 0.670. The molecule has 1 saturated heterocycles. The zero-order chi connectivity index (χ0) is 10.7. The van der Waals surface area contributed by atoms with Gasteiger partial charge in [-0.15, -0.1) is 0 Å². The first kappa shape index (κ1) is 10.9. The summed E-state index contributed by atoms with van der Waals surface area (Å²) in [7, 11) is 2.02. The molecule has 2 N–H and O–H groups in total. The Balaban J connectivity index is 1.61. The molecule has 15 heavy (non-hydrogen) atoms. The summed E-state index contributed by atoms with van der Waals surface area (Å²) >= 11 is 0. The normalized spacial score (nSPS) is 25.9. The van der Waals surface area contributed by atoms with Gasteiger partial charge >= 0.3 is 0 Å². The number of carbonyl (C=O) groups excluding carboxylic acids is 1. The first-order valence-corrected chi connectivity index (χ1v) is 5.95. The molecule has 0 spiro atoms. The van der Waals surface area contributed by atoms with Gasteiger partial charge < -0.3 is 10.6 Å². The number of carbonyl (C=O) groups is 1. The second-order valence-electron chi connectivity index (χ2n) is 4.83. The highest BCUT2D eigenvalue weighted by atomic mass is 16.2. The zero-order valence-corrected chi connectivity index (χ0v) is 9.46. The summed E-state index contributed by atoms with van der Waals surface area (Å²) in [6, 6.07) is 1.07. The Kier molecular flexibility index (Phi) is 3.59. The van der Waals surface area contributed by atoms with Crippen molar-refractivity contribution in [3.05, 3.63) is 0 Å². The van der Waals surface area contributed by atoms with E-state index in [1.165, 1.54) is 25.7 Å². The Bertz CT molecular complexity index is 222. The van der Waals surface area contributed by atoms with Crippen LogP contribution in [0.25, 0.3) is 0 Å². The summed E-state index contributed by atoms with van der Waals surface area (Å²) in [6.45, 7) is 2.65. The Labute approximate surface area is 91.4 Å². The molecule has 1 amide bonds. The molecule has 4 nitrogen and oxygen atoms in total. The van der Waals surface area contributed by atoms with Crippen molar-refractivity contribution in [1.29, 1.82) is 0 Å². The van der Waals surface area contributed by atoms with Crippen molar-refractivity contribution in [2.45, 2.75) is 37.8 Å². The van der Waals surface area contributed by atoms with Gasteiger partial charge in [0.25, 0.3) is 0 Å². The van der Waals surface area contributed by atoms with Gasteiger partial charge in [0.1, 0.15) is 0 Å². The molecule has 0 bridgehead atoms. The molecule has 1 aliphatic carbocycles. The maximum absolute atomic E-state index is 11.5. The molecule has 0 radical (unpaired) electrons. The highest BCUT2D eigenvalue weighted by Gasteiger charge is 2.24. The van der Waals surface area contributed by atoms with Crippen LogP contribution in [-0.2, 0) is 4.79 Å². The first-order chi connectivity index (χ1) is 7.24. The lowest BCUT2D eigenvalue weighted by molar-refractivity contribution is -0.122. The van der Waals surface area contributed by atoms with Crippen molar-refractivity contribution in [1.82, 2.24) is 15.5 Å². The fourth-order valence-electron chi connectivity index (χ4n) is 2.10. The number of nitrogens with zero attached hydrogens (tertiary/aromatic N) is 1. The predicted octanol–water partition coefficient (Wildman–Crippen LogP) is -0.0512. The van der Waals surface area contributed by atoms with E-state index < -0.39 is 0 Å². The second-order valence-corrected chi connectivity index (χ2v) is 4.83. The monoisotopic (exact) mass is 211 g/mol. The van der Waals surface area contributed by atoms with Gasteiger partial charge in [-0.25, -0.2) is 0 Å². The van der Waals surface area contributed by atoms with Gasteiger partial charge in [0.15, 0.2) is 0 Å². The standard InChI is InChI=1S/C11H21N3O/c1-14(7-10-3-2-6-12-10)8-11(15)13-9-4-5-9/h9-10,12H,2-8H2,1H3,(H,13,15)/t10-/m0/s1. The molecular formula is C11H21N3O. The molecule has 2 fully saturated rings. The number of likely N-dealkylation sites (N-methyl/N-ethyl adjacent to an activating group) is 1. The van der Waals surface area contributed by atoms with Crippen molar-refractivity contribution in [3.63, 3.8) is 0 Å². The van der Waals surface area contributed by atoms with Gasteiger partial charge in [0.05, 0.1) is 6.54 Å². The molecule has 1 atom stereocenters. The van der Waals surface area contributed by atoms with Crippen molar-refractivity contribution in [2.24, 2.45) is 0 Å². The van der Waals surface area contributed by atoms with E-state index in [1.54, 1.807) is 0 Å². The smallest absolute Gasteiger partial charge is 0.234 e. The van der Waals surface area contributed by atoms with Crippen LogP contribution < -0.4 is 10.6 Å². The van der Waals surface area contributed by atoms with Gasteiger partial charge in [-0.3, -0.25) is 9.69 Å². The molecule has 0 aromatic rings. The number of amides is 1. The van der Waals surface area contributed by atoms with E-state index >= 15 is 0 Å². The number of hydrogen-bond acceptors (Lipinski definition) is 3. The van der Waals surface area contributed by atoms with Crippen LogP contribution in [-0.4, -0.2) is 49.6 Å². The van der Waals surface area contributed by atoms with Crippen LogP contribution in [0.2, 0.25) is 0 Å². The largest absolute Gasteiger partial charge is 0.352 e. The van der Waals surface area contributed by atoms with Crippen LogP contribution in [0, 0.1) is 0 Å². The molecule has 0 aromatic carbocycles. The summed E-state index contributed by atoms with van der Waals surface area (Å²) in [5.74, 6) is 0.179. The number of nitrogens with one attached hydrogen (secondary N) is 2. The van der Waals surface area contributed by atoms with Crippen molar-refractivity contribution < 1.29 is 4.79 Å². The minimum atomic E-state index is 0.179. The average molecular weight is 211 g/mol. The highest BCUT2D eigenvalue weighted by molar-refractivity contribution is 5.78. The highest BCUT2D eigenvalue weighted by Crippen LogP contribution is 2.18. The van der Waals surface area contributed by atoms with Crippen LogP contribution in [0.5, 0.6) is 0 Å². The Hall–Kier alpha value is -0.610. The average Bonchev–Trinajstić information content (AvgIpc) is 2.80. The lowest BCUT2D eigenvalue weighted by atomic mass is 10.2. The summed E-state index contributed by atoms with van der Waals surface area (Å²) in [6.07, 6.45) is 4.85. The van der Waals surface area contributed by atoms with E-state index in [-0.39, 0.29) is 5.91 Å². The van der Waals surface area contributed by atoms with Gasteiger partial charge in [-0.05, 0) is 39.3 Å². The molecule has 86 valence electrons. The van der Waals surface area contributed by atoms with Gasteiger partial charge in [0.2, 0.25) is 5.91 Å². The summed E-state index contributed by atoms with van der Waals surface area (Å²) in [5, 5.41) is 6.45. The summed E-state index contributed by atoms with van der Waals surface area (Å²) in [4.78, 5) is 13.6. The minimum absolute atomic E-state index is 0.179. The minimum Gasteiger partial charge on any atom is -0.352 e. The summed E-state index contributed by atoms with van der Waals surface area (Å²) < 4.78 is 0. The SMILES string of the molecule is CN(CC(=O)NC1CC1)C[C@@H]1CCCN1. The second kappa shape index (κ2) is 4.94. The lowest BCUT2D eigenvalue weighted by Gasteiger charge is -2.20. The fourth-order valence-corrected chi connectivity index (χ4v) is 2.10. The molecule has 0 aromatic heterocycles. The van der Waals surface area contributed by atoms with Crippen LogP contribution >= 0.6 is 0 Å².